The first-order valence-corrected chi connectivity index (χ1v) is 21.0. The van der Waals surface area contributed by atoms with Crippen molar-refractivity contribution in [3.05, 3.63) is 212 Å². The molecule has 11 aromatic rings. The zero-order chi connectivity index (χ0) is 37.7. The molecule has 0 saturated heterocycles. The van der Waals surface area contributed by atoms with Crippen LogP contribution in [-0.4, -0.2) is 0 Å². The quantitative estimate of drug-likeness (QED) is 0.156. The molecule has 0 aliphatic heterocycles. The molecule has 0 saturated carbocycles. The van der Waals surface area contributed by atoms with Gasteiger partial charge in [0.2, 0.25) is 0 Å². The lowest BCUT2D eigenvalue weighted by Gasteiger charge is -2.27. The Kier molecular flexibility index (Phi) is 8.28. The highest BCUT2D eigenvalue weighted by Gasteiger charge is 2.20. The molecule has 0 N–H and O–H groups in total. The van der Waals surface area contributed by atoms with Gasteiger partial charge in [0, 0.05) is 63.0 Å². The molecular weight excluding hydrogens is 727 g/mol. The number of benzene rings is 9. The molecular formula is C54H35NS2. The second-order valence-electron chi connectivity index (χ2n) is 14.5. The largest absolute Gasteiger partial charge is 0.310 e. The van der Waals surface area contributed by atoms with Crippen LogP contribution < -0.4 is 4.90 Å². The SMILES string of the molecule is c1ccc(-c2ccc(-c3ccc(N(c4ccc(-c5ccccc5)c(-c5cccc6c5sc5ccccc56)c4)c4ccc5sc6ccccc6c5c4)cc3)cc2)cc1. The molecule has 268 valence electrons. The summed E-state index contributed by atoms with van der Waals surface area (Å²) in [5.74, 6) is 0. The Balaban J connectivity index is 1.09. The van der Waals surface area contributed by atoms with E-state index in [2.05, 4.69) is 217 Å². The molecule has 0 spiro atoms. The van der Waals surface area contributed by atoms with E-state index in [0.717, 1.165) is 17.1 Å². The maximum absolute atomic E-state index is 2.43. The van der Waals surface area contributed by atoms with Crippen LogP contribution in [-0.2, 0) is 0 Å². The monoisotopic (exact) mass is 761 g/mol. The summed E-state index contributed by atoms with van der Waals surface area (Å²) in [5.41, 5.74) is 13.1. The Hall–Kier alpha value is -6.78. The predicted molar refractivity (Wildman–Crippen MR) is 249 cm³/mol. The summed E-state index contributed by atoms with van der Waals surface area (Å²) in [7, 11) is 0. The van der Waals surface area contributed by atoms with Crippen LogP contribution in [0, 0.1) is 0 Å². The van der Waals surface area contributed by atoms with Crippen molar-refractivity contribution < 1.29 is 0 Å². The molecule has 0 aliphatic rings. The van der Waals surface area contributed by atoms with Gasteiger partial charge in [0.15, 0.2) is 0 Å². The summed E-state index contributed by atoms with van der Waals surface area (Å²) in [6, 6.07) is 77.7. The number of rotatable bonds is 7. The normalized spacial score (nSPS) is 11.5. The summed E-state index contributed by atoms with van der Waals surface area (Å²) in [5, 5.41) is 5.19. The van der Waals surface area contributed by atoms with E-state index in [1.165, 1.54) is 84.9 Å². The van der Waals surface area contributed by atoms with E-state index in [-0.39, 0.29) is 0 Å². The van der Waals surface area contributed by atoms with E-state index in [4.69, 9.17) is 0 Å². The van der Waals surface area contributed by atoms with Crippen molar-refractivity contribution in [2.75, 3.05) is 4.90 Å². The van der Waals surface area contributed by atoms with Crippen LogP contribution in [0.2, 0.25) is 0 Å². The van der Waals surface area contributed by atoms with Crippen LogP contribution >= 0.6 is 22.7 Å². The lowest BCUT2D eigenvalue weighted by molar-refractivity contribution is 1.29. The minimum atomic E-state index is 1.11. The van der Waals surface area contributed by atoms with Crippen molar-refractivity contribution in [3.8, 4) is 44.5 Å². The Morgan fingerprint density at radius 2 is 0.754 bits per heavy atom. The Morgan fingerprint density at radius 3 is 1.46 bits per heavy atom. The summed E-state index contributed by atoms with van der Waals surface area (Å²) in [4.78, 5) is 2.43. The van der Waals surface area contributed by atoms with E-state index >= 15 is 0 Å². The number of hydrogen-bond acceptors (Lipinski definition) is 3. The standard InChI is InChI=1S/C54H35NS2/c1-3-12-36(13-4-1)37-22-24-38(25-23-37)39-26-28-41(29-27-39)55(43-31-33-53-50(35-43)46-17-8-9-20-51(46)56-53)42-30-32-44(40-14-5-2-6-15-40)49(34-42)48-19-11-18-47-45-16-7-10-21-52(45)57-54(47)48/h1-35H. The Labute approximate surface area is 340 Å². The van der Waals surface area contributed by atoms with Crippen LogP contribution in [0.5, 0.6) is 0 Å². The van der Waals surface area contributed by atoms with Gasteiger partial charge < -0.3 is 4.90 Å². The summed E-state index contributed by atoms with van der Waals surface area (Å²) >= 11 is 3.74. The number of fused-ring (bicyclic) bond motifs is 6. The van der Waals surface area contributed by atoms with Crippen molar-refractivity contribution in [2.24, 2.45) is 0 Å². The third-order valence-electron chi connectivity index (χ3n) is 11.1. The van der Waals surface area contributed by atoms with Crippen LogP contribution in [0.1, 0.15) is 0 Å². The third-order valence-corrected chi connectivity index (χ3v) is 13.5. The van der Waals surface area contributed by atoms with E-state index in [1.54, 1.807) is 0 Å². The highest BCUT2D eigenvalue weighted by molar-refractivity contribution is 7.26. The lowest BCUT2D eigenvalue weighted by atomic mass is 9.92. The van der Waals surface area contributed by atoms with Gasteiger partial charge in [-0.15, -0.1) is 22.7 Å². The number of nitrogens with zero attached hydrogens (tertiary/aromatic N) is 1. The molecule has 0 radical (unpaired) electrons. The van der Waals surface area contributed by atoms with Crippen LogP contribution in [0.15, 0.2) is 212 Å². The fraction of sp³-hybridized carbons (Fsp3) is 0. The molecule has 0 bridgehead atoms. The molecule has 2 heterocycles. The Bertz CT molecular complexity index is 3210. The number of hydrogen-bond donors (Lipinski definition) is 0. The maximum Gasteiger partial charge on any atom is 0.0468 e. The zero-order valence-electron chi connectivity index (χ0n) is 31.0. The first-order chi connectivity index (χ1) is 28.2. The van der Waals surface area contributed by atoms with Crippen molar-refractivity contribution in [1.82, 2.24) is 0 Å². The predicted octanol–water partition coefficient (Wildman–Crippen LogP) is 16.6. The molecule has 0 fully saturated rings. The van der Waals surface area contributed by atoms with E-state index in [1.807, 2.05) is 22.7 Å². The molecule has 2 aromatic heterocycles. The summed E-state index contributed by atoms with van der Waals surface area (Å²) in [6.45, 7) is 0. The highest BCUT2D eigenvalue weighted by atomic mass is 32.1. The summed E-state index contributed by atoms with van der Waals surface area (Å²) < 4.78 is 5.23. The zero-order valence-corrected chi connectivity index (χ0v) is 32.6. The first kappa shape index (κ1) is 33.5. The minimum Gasteiger partial charge on any atom is -0.310 e. The topological polar surface area (TPSA) is 3.24 Å². The highest BCUT2D eigenvalue weighted by Crippen LogP contribution is 2.47. The van der Waals surface area contributed by atoms with Gasteiger partial charge in [-0.1, -0.05) is 158 Å². The minimum absolute atomic E-state index is 1.11. The fourth-order valence-electron chi connectivity index (χ4n) is 8.31. The van der Waals surface area contributed by atoms with E-state index in [9.17, 15) is 0 Å². The smallest absolute Gasteiger partial charge is 0.0468 e. The first-order valence-electron chi connectivity index (χ1n) is 19.3. The van der Waals surface area contributed by atoms with Gasteiger partial charge >= 0.3 is 0 Å². The van der Waals surface area contributed by atoms with Gasteiger partial charge in [-0.3, -0.25) is 0 Å². The molecule has 57 heavy (non-hydrogen) atoms. The average Bonchev–Trinajstić information content (AvgIpc) is 3.86. The molecule has 1 nitrogen and oxygen atoms in total. The van der Waals surface area contributed by atoms with Crippen molar-refractivity contribution in [1.29, 1.82) is 0 Å². The van der Waals surface area contributed by atoms with Gasteiger partial charge in [0.25, 0.3) is 0 Å². The average molecular weight is 762 g/mol. The number of anilines is 3. The van der Waals surface area contributed by atoms with Gasteiger partial charge in [0.05, 0.1) is 0 Å². The van der Waals surface area contributed by atoms with Gasteiger partial charge in [-0.05, 0) is 93.5 Å². The van der Waals surface area contributed by atoms with Gasteiger partial charge in [-0.25, -0.2) is 0 Å². The summed E-state index contributed by atoms with van der Waals surface area (Å²) in [6.07, 6.45) is 0. The van der Waals surface area contributed by atoms with Crippen molar-refractivity contribution >= 4 is 80.1 Å². The molecule has 11 rings (SSSR count). The van der Waals surface area contributed by atoms with E-state index < -0.39 is 0 Å². The molecule has 0 aliphatic carbocycles. The van der Waals surface area contributed by atoms with Crippen molar-refractivity contribution in [3.63, 3.8) is 0 Å². The maximum atomic E-state index is 2.43. The second kappa shape index (κ2) is 14.1. The van der Waals surface area contributed by atoms with Gasteiger partial charge in [-0.2, -0.15) is 0 Å². The molecule has 9 aromatic carbocycles. The molecule has 3 heteroatoms. The molecule has 0 amide bonds. The van der Waals surface area contributed by atoms with Crippen LogP contribution in [0.25, 0.3) is 84.9 Å². The molecule has 0 unspecified atom stereocenters. The number of thiophene rings is 2. The van der Waals surface area contributed by atoms with E-state index in [0.29, 0.717) is 0 Å². The molecule has 0 atom stereocenters. The third kappa shape index (κ3) is 6.00. The van der Waals surface area contributed by atoms with Gasteiger partial charge in [0.1, 0.15) is 0 Å². The second-order valence-corrected chi connectivity index (χ2v) is 16.6. The lowest BCUT2D eigenvalue weighted by Crippen LogP contribution is -2.10. The van der Waals surface area contributed by atoms with Crippen molar-refractivity contribution in [2.45, 2.75) is 0 Å². The van der Waals surface area contributed by atoms with Crippen LogP contribution in [0.3, 0.4) is 0 Å². The fourth-order valence-corrected chi connectivity index (χ4v) is 10.6. The van der Waals surface area contributed by atoms with Crippen LogP contribution in [0.4, 0.5) is 17.1 Å². The Morgan fingerprint density at radius 1 is 0.263 bits per heavy atom.